The molecule has 2 aromatic rings. The van der Waals surface area contributed by atoms with Gasteiger partial charge in [0.25, 0.3) is 5.91 Å². The van der Waals surface area contributed by atoms with Crippen molar-refractivity contribution >= 4 is 35.8 Å². The minimum absolute atomic E-state index is 0. The van der Waals surface area contributed by atoms with Crippen LogP contribution in [0.15, 0.2) is 59.6 Å². The Morgan fingerprint density at radius 1 is 0.963 bits per heavy atom. The SMILES string of the molecule is CCNC(=NCc1ccccc1)NCCNC(=O)c1ccc(OC)cc1.I. The summed E-state index contributed by atoms with van der Waals surface area (Å²) < 4.78 is 5.09. The summed E-state index contributed by atoms with van der Waals surface area (Å²) in [6.45, 7) is 4.49. The van der Waals surface area contributed by atoms with Crippen LogP contribution in [0, 0.1) is 0 Å². The first-order chi connectivity index (χ1) is 12.7. The van der Waals surface area contributed by atoms with Gasteiger partial charge in [0, 0.05) is 25.2 Å². The molecule has 0 aromatic heterocycles. The smallest absolute Gasteiger partial charge is 0.251 e. The van der Waals surface area contributed by atoms with E-state index in [1.54, 1.807) is 31.4 Å². The zero-order valence-electron chi connectivity index (χ0n) is 15.7. The number of aliphatic imine (C=N–C) groups is 1. The first-order valence-corrected chi connectivity index (χ1v) is 8.71. The van der Waals surface area contributed by atoms with Crippen LogP contribution in [0.25, 0.3) is 0 Å². The van der Waals surface area contributed by atoms with E-state index in [9.17, 15) is 4.79 Å². The number of methoxy groups -OCH3 is 1. The van der Waals surface area contributed by atoms with Gasteiger partial charge in [0.1, 0.15) is 5.75 Å². The highest BCUT2D eigenvalue weighted by molar-refractivity contribution is 14.0. The average molecular weight is 482 g/mol. The molecule has 0 fully saturated rings. The first-order valence-electron chi connectivity index (χ1n) is 8.71. The summed E-state index contributed by atoms with van der Waals surface area (Å²) in [5.41, 5.74) is 1.76. The number of carbonyl (C=O) groups excluding carboxylic acids is 1. The van der Waals surface area contributed by atoms with E-state index in [4.69, 9.17) is 4.74 Å². The molecule has 0 saturated heterocycles. The van der Waals surface area contributed by atoms with Crippen molar-refractivity contribution in [2.24, 2.45) is 4.99 Å². The third kappa shape index (κ3) is 8.29. The Bertz CT molecular complexity index is 706. The molecule has 2 rings (SSSR count). The molecular formula is C20H27IN4O2. The van der Waals surface area contributed by atoms with E-state index < -0.39 is 0 Å². The number of halogens is 1. The van der Waals surface area contributed by atoms with Gasteiger partial charge in [-0.25, -0.2) is 4.99 Å². The molecule has 0 heterocycles. The van der Waals surface area contributed by atoms with Gasteiger partial charge < -0.3 is 20.7 Å². The molecule has 0 radical (unpaired) electrons. The number of benzene rings is 2. The zero-order valence-corrected chi connectivity index (χ0v) is 18.0. The Morgan fingerprint density at radius 3 is 2.26 bits per heavy atom. The Kier molecular flexibility index (Phi) is 10.9. The third-order valence-corrected chi connectivity index (χ3v) is 3.66. The molecule has 0 unspecified atom stereocenters. The van der Waals surface area contributed by atoms with Crippen LogP contribution in [0.3, 0.4) is 0 Å². The lowest BCUT2D eigenvalue weighted by Crippen LogP contribution is -2.41. The monoisotopic (exact) mass is 482 g/mol. The van der Waals surface area contributed by atoms with Gasteiger partial charge in [-0.15, -0.1) is 24.0 Å². The topological polar surface area (TPSA) is 74.8 Å². The van der Waals surface area contributed by atoms with Crippen molar-refractivity contribution in [2.75, 3.05) is 26.7 Å². The highest BCUT2D eigenvalue weighted by Crippen LogP contribution is 2.10. The Morgan fingerprint density at radius 2 is 1.63 bits per heavy atom. The molecule has 27 heavy (non-hydrogen) atoms. The molecule has 0 saturated carbocycles. The predicted molar refractivity (Wildman–Crippen MR) is 120 cm³/mol. The lowest BCUT2D eigenvalue weighted by atomic mass is 10.2. The van der Waals surface area contributed by atoms with Crippen LogP contribution in [0.1, 0.15) is 22.8 Å². The lowest BCUT2D eigenvalue weighted by Gasteiger charge is -2.12. The van der Waals surface area contributed by atoms with Crippen LogP contribution in [-0.4, -0.2) is 38.6 Å². The Labute approximate surface area is 177 Å². The highest BCUT2D eigenvalue weighted by atomic mass is 127. The van der Waals surface area contributed by atoms with Gasteiger partial charge in [0.05, 0.1) is 13.7 Å². The summed E-state index contributed by atoms with van der Waals surface area (Å²) in [5, 5.41) is 9.30. The normalized spacial score (nSPS) is 10.5. The van der Waals surface area contributed by atoms with Crippen LogP contribution < -0.4 is 20.7 Å². The number of amides is 1. The van der Waals surface area contributed by atoms with E-state index >= 15 is 0 Å². The van der Waals surface area contributed by atoms with E-state index in [0.717, 1.165) is 23.8 Å². The van der Waals surface area contributed by atoms with Crippen molar-refractivity contribution in [2.45, 2.75) is 13.5 Å². The Hall–Kier alpha value is -2.29. The first kappa shape index (κ1) is 22.8. The highest BCUT2D eigenvalue weighted by Gasteiger charge is 2.05. The second-order valence-electron chi connectivity index (χ2n) is 5.59. The maximum Gasteiger partial charge on any atom is 0.251 e. The molecular weight excluding hydrogens is 455 g/mol. The molecule has 0 bridgehead atoms. The molecule has 6 nitrogen and oxygen atoms in total. The van der Waals surface area contributed by atoms with Crippen molar-refractivity contribution in [3.8, 4) is 5.75 Å². The Balaban J connectivity index is 0.00000364. The quantitative estimate of drug-likeness (QED) is 0.234. The number of guanidine groups is 1. The number of nitrogens with one attached hydrogen (secondary N) is 3. The van der Waals surface area contributed by atoms with Crippen LogP contribution in [0.2, 0.25) is 0 Å². The fourth-order valence-corrected chi connectivity index (χ4v) is 2.30. The average Bonchev–Trinajstić information content (AvgIpc) is 2.70. The van der Waals surface area contributed by atoms with E-state index in [0.29, 0.717) is 25.2 Å². The molecule has 7 heteroatoms. The molecule has 3 N–H and O–H groups in total. The molecule has 0 aliphatic rings. The predicted octanol–water partition coefficient (Wildman–Crippen LogP) is 2.80. The molecule has 2 aromatic carbocycles. The molecule has 0 aliphatic heterocycles. The third-order valence-electron chi connectivity index (χ3n) is 3.66. The number of ether oxygens (including phenoxy) is 1. The van der Waals surface area contributed by atoms with E-state index in [1.807, 2.05) is 37.3 Å². The summed E-state index contributed by atoms with van der Waals surface area (Å²) >= 11 is 0. The second kappa shape index (κ2) is 13.0. The lowest BCUT2D eigenvalue weighted by molar-refractivity contribution is 0.0954. The van der Waals surface area contributed by atoms with Crippen molar-refractivity contribution in [3.63, 3.8) is 0 Å². The molecule has 1 amide bonds. The van der Waals surface area contributed by atoms with Crippen LogP contribution in [0.4, 0.5) is 0 Å². The maximum atomic E-state index is 12.1. The fourth-order valence-electron chi connectivity index (χ4n) is 2.30. The van der Waals surface area contributed by atoms with Crippen molar-refractivity contribution in [1.82, 2.24) is 16.0 Å². The molecule has 0 spiro atoms. The zero-order chi connectivity index (χ0) is 18.6. The van der Waals surface area contributed by atoms with Gasteiger partial charge in [0.2, 0.25) is 0 Å². The summed E-state index contributed by atoms with van der Waals surface area (Å²) in [6, 6.07) is 17.1. The summed E-state index contributed by atoms with van der Waals surface area (Å²) in [6.07, 6.45) is 0. The van der Waals surface area contributed by atoms with Crippen molar-refractivity contribution < 1.29 is 9.53 Å². The van der Waals surface area contributed by atoms with Crippen LogP contribution in [-0.2, 0) is 6.54 Å². The molecule has 146 valence electrons. The summed E-state index contributed by atoms with van der Waals surface area (Å²) in [7, 11) is 1.60. The van der Waals surface area contributed by atoms with Crippen molar-refractivity contribution in [1.29, 1.82) is 0 Å². The van der Waals surface area contributed by atoms with Crippen LogP contribution in [0.5, 0.6) is 5.75 Å². The van der Waals surface area contributed by atoms with Crippen LogP contribution >= 0.6 is 24.0 Å². The number of nitrogens with zero attached hydrogens (tertiary/aromatic N) is 1. The number of carbonyl (C=O) groups is 1. The van der Waals surface area contributed by atoms with Gasteiger partial charge in [-0.3, -0.25) is 4.79 Å². The fraction of sp³-hybridized carbons (Fsp3) is 0.300. The van der Waals surface area contributed by atoms with Gasteiger partial charge in [-0.1, -0.05) is 30.3 Å². The van der Waals surface area contributed by atoms with E-state index in [-0.39, 0.29) is 29.9 Å². The second-order valence-corrected chi connectivity index (χ2v) is 5.59. The maximum absolute atomic E-state index is 12.1. The van der Waals surface area contributed by atoms with Gasteiger partial charge in [-0.05, 0) is 36.8 Å². The minimum atomic E-state index is -0.110. The molecule has 0 aliphatic carbocycles. The summed E-state index contributed by atoms with van der Waals surface area (Å²) in [4.78, 5) is 16.6. The number of rotatable bonds is 8. The molecule has 0 atom stereocenters. The van der Waals surface area contributed by atoms with E-state index in [1.165, 1.54) is 0 Å². The van der Waals surface area contributed by atoms with E-state index in [2.05, 4.69) is 20.9 Å². The minimum Gasteiger partial charge on any atom is -0.497 e. The van der Waals surface area contributed by atoms with Gasteiger partial charge in [-0.2, -0.15) is 0 Å². The summed E-state index contributed by atoms with van der Waals surface area (Å²) in [5.74, 6) is 1.35. The van der Waals surface area contributed by atoms with Gasteiger partial charge >= 0.3 is 0 Å². The largest absolute Gasteiger partial charge is 0.497 e. The number of hydrogen-bond donors (Lipinski definition) is 3. The van der Waals surface area contributed by atoms with Crippen molar-refractivity contribution in [3.05, 3.63) is 65.7 Å². The van der Waals surface area contributed by atoms with Gasteiger partial charge in [0.15, 0.2) is 5.96 Å². The number of hydrogen-bond acceptors (Lipinski definition) is 3. The standard InChI is InChI=1S/C20H26N4O2.HI/c1-3-21-20(24-15-16-7-5-4-6-8-16)23-14-13-22-19(25)17-9-11-18(26-2)12-10-17;/h4-12H,3,13-15H2,1-2H3,(H,22,25)(H2,21,23,24);1H.